The molecule has 5 nitrogen and oxygen atoms in total. The van der Waals surface area contributed by atoms with Gasteiger partial charge in [0.2, 0.25) is 0 Å². The molecule has 0 bridgehead atoms. The van der Waals surface area contributed by atoms with Gasteiger partial charge in [-0.3, -0.25) is 0 Å². The van der Waals surface area contributed by atoms with Gasteiger partial charge in [-0.05, 0) is 43.7 Å². The number of urea groups is 1. The molecule has 1 aliphatic carbocycles. The number of carbonyl (C=O) groups excluding carboxylic acids is 1. The third-order valence-electron chi connectivity index (χ3n) is 4.93. The molecule has 1 saturated heterocycles. The fourth-order valence-corrected chi connectivity index (χ4v) is 3.35. The number of benzene rings is 1. The summed E-state index contributed by atoms with van der Waals surface area (Å²) in [5, 5.41) is 16.0. The maximum atomic E-state index is 12.0. The van der Waals surface area contributed by atoms with Crippen LogP contribution in [0.25, 0.3) is 0 Å². The molecule has 1 aliphatic heterocycles. The Morgan fingerprint density at radius 1 is 1.26 bits per heavy atom. The summed E-state index contributed by atoms with van der Waals surface area (Å²) in [5.74, 6) is 0. The third-order valence-corrected chi connectivity index (χ3v) is 4.93. The average Bonchev–Trinajstić information content (AvgIpc) is 3.39. The van der Waals surface area contributed by atoms with Gasteiger partial charge < -0.3 is 20.6 Å². The predicted octanol–water partition coefficient (Wildman–Crippen LogP) is 1.95. The fraction of sp³-hybridized carbons (Fsp3) is 0.611. The van der Waals surface area contributed by atoms with Crippen molar-refractivity contribution in [2.45, 2.75) is 50.8 Å². The normalized spacial score (nSPS) is 21.0. The van der Waals surface area contributed by atoms with Crippen molar-refractivity contribution in [3.05, 3.63) is 35.4 Å². The number of hydrogen-bond donors (Lipinski definition) is 3. The summed E-state index contributed by atoms with van der Waals surface area (Å²) >= 11 is 0. The summed E-state index contributed by atoms with van der Waals surface area (Å²) in [4.78, 5) is 14.6. The molecule has 1 aromatic rings. The number of aryl methyl sites for hydroxylation is 1. The summed E-state index contributed by atoms with van der Waals surface area (Å²) in [6, 6.07) is 8.59. The Labute approximate surface area is 138 Å². The smallest absolute Gasteiger partial charge is 0.315 e. The van der Waals surface area contributed by atoms with Crippen LogP contribution in [0.4, 0.5) is 4.79 Å². The van der Waals surface area contributed by atoms with Crippen LogP contribution in [0.3, 0.4) is 0 Å². The zero-order valence-electron chi connectivity index (χ0n) is 13.8. The first-order chi connectivity index (χ1) is 11.1. The number of amides is 2. The quantitative estimate of drug-likeness (QED) is 0.778. The van der Waals surface area contributed by atoms with E-state index in [0.717, 1.165) is 43.1 Å². The first kappa shape index (κ1) is 16.3. The minimum atomic E-state index is -0.668. The maximum Gasteiger partial charge on any atom is 0.315 e. The molecule has 0 spiro atoms. The first-order valence-electron chi connectivity index (χ1n) is 8.65. The highest BCUT2D eigenvalue weighted by atomic mass is 16.3. The Morgan fingerprint density at radius 2 is 1.96 bits per heavy atom. The minimum absolute atomic E-state index is 0.178. The lowest BCUT2D eigenvalue weighted by Crippen LogP contribution is -2.48. The molecule has 1 saturated carbocycles. The van der Waals surface area contributed by atoms with Gasteiger partial charge in [-0.25, -0.2) is 4.79 Å². The number of likely N-dealkylation sites (tertiary alicyclic amines) is 1. The third kappa shape index (κ3) is 4.45. The molecule has 126 valence electrons. The summed E-state index contributed by atoms with van der Waals surface area (Å²) in [7, 11) is 0. The van der Waals surface area contributed by atoms with E-state index in [1.807, 2.05) is 31.2 Å². The van der Waals surface area contributed by atoms with Gasteiger partial charge in [0.25, 0.3) is 0 Å². The highest BCUT2D eigenvalue weighted by Gasteiger charge is 2.32. The SMILES string of the molecule is Cc1ccccc1C(O)CNC(=O)NC1CCN(C2CC2)CC1. The van der Waals surface area contributed by atoms with Crippen molar-refractivity contribution in [3.63, 3.8) is 0 Å². The number of piperidine rings is 1. The number of carbonyl (C=O) groups is 1. The van der Waals surface area contributed by atoms with Crippen molar-refractivity contribution in [2.24, 2.45) is 0 Å². The molecule has 1 aromatic carbocycles. The number of aliphatic hydroxyl groups excluding tert-OH is 1. The van der Waals surface area contributed by atoms with E-state index in [0.29, 0.717) is 0 Å². The van der Waals surface area contributed by atoms with Crippen LogP contribution in [-0.2, 0) is 0 Å². The lowest BCUT2D eigenvalue weighted by Gasteiger charge is -2.32. The predicted molar refractivity (Wildman–Crippen MR) is 90.3 cm³/mol. The van der Waals surface area contributed by atoms with E-state index in [1.54, 1.807) is 0 Å². The second kappa shape index (κ2) is 7.32. The highest BCUT2D eigenvalue weighted by molar-refractivity contribution is 5.74. The van der Waals surface area contributed by atoms with E-state index in [-0.39, 0.29) is 18.6 Å². The first-order valence-corrected chi connectivity index (χ1v) is 8.65. The Hall–Kier alpha value is -1.59. The largest absolute Gasteiger partial charge is 0.387 e. The van der Waals surface area contributed by atoms with E-state index < -0.39 is 6.10 Å². The van der Waals surface area contributed by atoms with Crippen molar-refractivity contribution >= 4 is 6.03 Å². The van der Waals surface area contributed by atoms with Gasteiger partial charge in [0.05, 0.1) is 6.10 Å². The lowest BCUT2D eigenvalue weighted by molar-refractivity contribution is 0.166. The molecule has 2 amide bonds. The standard InChI is InChI=1S/C18H27N3O2/c1-13-4-2-3-5-16(13)17(22)12-19-18(23)20-14-8-10-21(11-9-14)15-6-7-15/h2-5,14-15,17,22H,6-12H2,1H3,(H2,19,20,23). The zero-order valence-corrected chi connectivity index (χ0v) is 13.8. The van der Waals surface area contributed by atoms with Crippen molar-refractivity contribution in [1.82, 2.24) is 15.5 Å². The Morgan fingerprint density at radius 3 is 2.61 bits per heavy atom. The van der Waals surface area contributed by atoms with E-state index in [9.17, 15) is 9.90 Å². The molecule has 0 aromatic heterocycles. The number of hydrogen-bond acceptors (Lipinski definition) is 3. The molecular weight excluding hydrogens is 290 g/mol. The van der Waals surface area contributed by atoms with Crippen molar-refractivity contribution in [1.29, 1.82) is 0 Å². The monoisotopic (exact) mass is 317 g/mol. The van der Waals surface area contributed by atoms with Gasteiger partial charge in [0.1, 0.15) is 0 Å². The van der Waals surface area contributed by atoms with Crippen LogP contribution >= 0.6 is 0 Å². The van der Waals surface area contributed by atoms with Gasteiger partial charge >= 0.3 is 6.03 Å². The van der Waals surface area contributed by atoms with Crippen molar-refractivity contribution in [2.75, 3.05) is 19.6 Å². The number of aliphatic hydroxyl groups is 1. The van der Waals surface area contributed by atoms with Crippen LogP contribution in [-0.4, -0.2) is 47.8 Å². The summed E-state index contributed by atoms with van der Waals surface area (Å²) in [6.07, 6.45) is 4.05. The number of rotatable bonds is 5. The van der Waals surface area contributed by atoms with Gasteiger partial charge in [0.15, 0.2) is 0 Å². The Kier molecular flexibility index (Phi) is 5.18. The van der Waals surface area contributed by atoms with E-state index >= 15 is 0 Å². The summed E-state index contributed by atoms with van der Waals surface area (Å²) in [6.45, 7) is 4.37. The fourth-order valence-electron chi connectivity index (χ4n) is 3.35. The van der Waals surface area contributed by atoms with Crippen molar-refractivity contribution in [3.8, 4) is 0 Å². The van der Waals surface area contributed by atoms with Gasteiger partial charge in [-0.2, -0.15) is 0 Å². The molecular formula is C18H27N3O2. The lowest BCUT2D eigenvalue weighted by atomic mass is 10.0. The van der Waals surface area contributed by atoms with Gasteiger partial charge in [0, 0.05) is 31.7 Å². The molecule has 5 heteroatoms. The molecule has 1 unspecified atom stereocenters. The molecule has 23 heavy (non-hydrogen) atoms. The Balaban J connectivity index is 1.39. The van der Waals surface area contributed by atoms with Crippen LogP contribution in [0.1, 0.15) is 42.9 Å². The average molecular weight is 317 g/mol. The second-order valence-corrected chi connectivity index (χ2v) is 6.77. The molecule has 2 fully saturated rings. The van der Waals surface area contributed by atoms with Crippen LogP contribution in [0.5, 0.6) is 0 Å². The van der Waals surface area contributed by atoms with E-state index in [1.165, 1.54) is 12.8 Å². The molecule has 0 radical (unpaired) electrons. The molecule has 3 N–H and O–H groups in total. The van der Waals surface area contributed by atoms with E-state index in [2.05, 4.69) is 15.5 Å². The number of nitrogens with one attached hydrogen (secondary N) is 2. The van der Waals surface area contributed by atoms with Crippen LogP contribution in [0, 0.1) is 6.92 Å². The maximum absolute atomic E-state index is 12.0. The topological polar surface area (TPSA) is 64.6 Å². The van der Waals surface area contributed by atoms with Gasteiger partial charge in [-0.1, -0.05) is 24.3 Å². The van der Waals surface area contributed by atoms with Crippen molar-refractivity contribution < 1.29 is 9.90 Å². The Bertz CT molecular complexity index is 537. The van der Waals surface area contributed by atoms with Crippen LogP contribution in [0.15, 0.2) is 24.3 Å². The summed E-state index contributed by atoms with van der Waals surface area (Å²) < 4.78 is 0. The molecule has 2 aliphatic rings. The molecule has 1 atom stereocenters. The summed E-state index contributed by atoms with van der Waals surface area (Å²) in [5.41, 5.74) is 1.90. The minimum Gasteiger partial charge on any atom is -0.387 e. The highest BCUT2D eigenvalue weighted by Crippen LogP contribution is 2.29. The van der Waals surface area contributed by atoms with E-state index in [4.69, 9.17) is 0 Å². The second-order valence-electron chi connectivity index (χ2n) is 6.77. The van der Waals surface area contributed by atoms with Crippen LogP contribution in [0.2, 0.25) is 0 Å². The van der Waals surface area contributed by atoms with Gasteiger partial charge in [-0.15, -0.1) is 0 Å². The zero-order chi connectivity index (χ0) is 16.2. The molecule has 3 rings (SSSR count). The number of nitrogens with zero attached hydrogens (tertiary/aromatic N) is 1. The van der Waals surface area contributed by atoms with Crippen LogP contribution < -0.4 is 10.6 Å². The molecule has 1 heterocycles.